The van der Waals surface area contributed by atoms with E-state index in [9.17, 15) is 0 Å². The average molecular weight is 148 g/mol. The van der Waals surface area contributed by atoms with E-state index in [1.807, 2.05) is 31.2 Å². The summed E-state index contributed by atoms with van der Waals surface area (Å²) in [6, 6.07) is 10.7. The third-order valence-corrected chi connectivity index (χ3v) is 1.33. The van der Waals surface area contributed by atoms with Crippen LogP contribution in [-0.2, 0) is 4.84 Å². The molecule has 0 fully saturated rings. The topological polar surface area (TPSA) is 21.6 Å². The van der Waals surface area contributed by atoms with E-state index in [1.165, 1.54) is 7.11 Å². The van der Waals surface area contributed by atoms with Gasteiger partial charge in [-0.2, -0.15) is 0 Å². The molecular weight excluding hydrogens is 138 g/mol. The summed E-state index contributed by atoms with van der Waals surface area (Å²) in [5.41, 5.74) is 1.81. The Bertz CT molecular complexity index is 241. The highest BCUT2D eigenvalue weighted by molar-refractivity contribution is 5.97. The number of benzene rings is 1. The molecule has 0 saturated heterocycles. The summed E-state index contributed by atoms with van der Waals surface area (Å²) in [6.07, 6.45) is 0. The van der Waals surface area contributed by atoms with Crippen molar-refractivity contribution in [3.8, 4) is 0 Å². The summed E-state index contributed by atoms with van der Waals surface area (Å²) in [5.74, 6) is 0. The number of oxime groups is 1. The molecule has 1 aromatic rings. The van der Waals surface area contributed by atoms with Crippen LogP contribution in [0.2, 0.25) is 0 Å². The van der Waals surface area contributed by atoms with Crippen molar-refractivity contribution >= 4 is 5.71 Å². The van der Waals surface area contributed by atoms with Crippen molar-refractivity contribution in [3.05, 3.63) is 35.9 Å². The molecule has 0 N–H and O–H groups in total. The SMILES string of the molecule is CO/N=C(\C)c1[c]cccc1. The van der Waals surface area contributed by atoms with Gasteiger partial charge in [0, 0.05) is 5.56 Å². The Kier molecular flexibility index (Phi) is 2.66. The fourth-order valence-corrected chi connectivity index (χ4v) is 0.804. The zero-order chi connectivity index (χ0) is 8.10. The van der Waals surface area contributed by atoms with Gasteiger partial charge < -0.3 is 4.84 Å². The zero-order valence-corrected chi connectivity index (χ0v) is 6.66. The van der Waals surface area contributed by atoms with Gasteiger partial charge in [-0.1, -0.05) is 29.4 Å². The van der Waals surface area contributed by atoms with Gasteiger partial charge in [-0.3, -0.25) is 0 Å². The highest BCUT2D eigenvalue weighted by atomic mass is 16.6. The van der Waals surface area contributed by atoms with E-state index in [0.29, 0.717) is 0 Å². The molecule has 11 heavy (non-hydrogen) atoms. The summed E-state index contributed by atoms with van der Waals surface area (Å²) in [4.78, 5) is 4.63. The molecule has 0 atom stereocenters. The first kappa shape index (κ1) is 7.79. The molecule has 2 heteroatoms. The van der Waals surface area contributed by atoms with Crippen LogP contribution in [0, 0.1) is 6.07 Å². The van der Waals surface area contributed by atoms with E-state index < -0.39 is 0 Å². The van der Waals surface area contributed by atoms with E-state index in [4.69, 9.17) is 0 Å². The van der Waals surface area contributed by atoms with Crippen molar-refractivity contribution < 1.29 is 4.84 Å². The maximum atomic E-state index is 4.63. The molecule has 0 aliphatic carbocycles. The Balaban J connectivity index is 2.85. The first-order chi connectivity index (χ1) is 5.34. The van der Waals surface area contributed by atoms with E-state index in [0.717, 1.165) is 11.3 Å². The quantitative estimate of drug-likeness (QED) is 0.463. The van der Waals surface area contributed by atoms with Crippen LogP contribution in [-0.4, -0.2) is 12.8 Å². The third-order valence-electron chi connectivity index (χ3n) is 1.33. The number of nitrogens with zero attached hydrogens (tertiary/aromatic N) is 1. The summed E-state index contributed by atoms with van der Waals surface area (Å²) in [7, 11) is 1.53. The third kappa shape index (κ3) is 2.08. The average Bonchev–Trinajstić information content (AvgIpc) is 2.07. The van der Waals surface area contributed by atoms with E-state index in [2.05, 4.69) is 16.1 Å². The van der Waals surface area contributed by atoms with Gasteiger partial charge in [0.25, 0.3) is 0 Å². The van der Waals surface area contributed by atoms with Crippen LogP contribution in [0.25, 0.3) is 0 Å². The second kappa shape index (κ2) is 3.76. The number of hydrogen-bond acceptors (Lipinski definition) is 2. The second-order valence-electron chi connectivity index (χ2n) is 2.14. The van der Waals surface area contributed by atoms with Crippen LogP contribution < -0.4 is 0 Å². The molecule has 0 aliphatic heterocycles. The lowest BCUT2D eigenvalue weighted by atomic mass is 10.1. The van der Waals surface area contributed by atoms with E-state index in [1.54, 1.807) is 0 Å². The summed E-state index contributed by atoms with van der Waals surface area (Å²) in [5, 5.41) is 3.78. The predicted octanol–water partition coefficient (Wildman–Crippen LogP) is 1.86. The molecule has 0 saturated carbocycles. The van der Waals surface area contributed by atoms with Gasteiger partial charge in [-0.15, -0.1) is 0 Å². The molecule has 1 aromatic carbocycles. The molecule has 2 nitrogen and oxygen atoms in total. The van der Waals surface area contributed by atoms with Crippen molar-refractivity contribution in [1.29, 1.82) is 0 Å². The standard InChI is InChI=1S/C9H10NO/c1-8(10-11-2)9-6-4-3-5-7-9/h3-6H,1-2H3/b10-8+. The van der Waals surface area contributed by atoms with Crippen LogP contribution in [0.5, 0.6) is 0 Å². The van der Waals surface area contributed by atoms with Crippen molar-refractivity contribution in [1.82, 2.24) is 0 Å². The molecule has 0 heterocycles. The van der Waals surface area contributed by atoms with Gasteiger partial charge in [0.05, 0.1) is 5.71 Å². The van der Waals surface area contributed by atoms with Gasteiger partial charge in [0.2, 0.25) is 0 Å². The monoisotopic (exact) mass is 148 g/mol. The molecule has 0 unspecified atom stereocenters. The molecular formula is C9H10NO. The Hall–Kier alpha value is -1.31. The fourth-order valence-electron chi connectivity index (χ4n) is 0.804. The lowest BCUT2D eigenvalue weighted by Gasteiger charge is -1.96. The Morgan fingerprint density at radius 1 is 1.55 bits per heavy atom. The first-order valence-electron chi connectivity index (χ1n) is 3.39. The molecule has 0 amide bonds. The van der Waals surface area contributed by atoms with Gasteiger partial charge >= 0.3 is 0 Å². The van der Waals surface area contributed by atoms with Gasteiger partial charge in [0.1, 0.15) is 7.11 Å². The van der Waals surface area contributed by atoms with Crippen LogP contribution >= 0.6 is 0 Å². The van der Waals surface area contributed by atoms with Crippen molar-refractivity contribution in [2.75, 3.05) is 7.11 Å². The minimum Gasteiger partial charge on any atom is -0.399 e. The smallest absolute Gasteiger partial charge is 0.106 e. The van der Waals surface area contributed by atoms with Gasteiger partial charge in [0.15, 0.2) is 0 Å². The summed E-state index contributed by atoms with van der Waals surface area (Å²) >= 11 is 0. The molecule has 0 aromatic heterocycles. The highest BCUT2D eigenvalue weighted by Gasteiger charge is 1.94. The molecule has 1 radical (unpaired) electrons. The van der Waals surface area contributed by atoms with Crippen molar-refractivity contribution in [3.63, 3.8) is 0 Å². The van der Waals surface area contributed by atoms with Crippen molar-refractivity contribution in [2.24, 2.45) is 5.16 Å². The van der Waals surface area contributed by atoms with Gasteiger partial charge in [-0.05, 0) is 13.0 Å². The Morgan fingerprint density at radius 3 is 2.91 bits per heavy atom. The molecule has 1 rings (SSSR count). The second-order valence-corrected chi connectivity index (χ2v) is 2.14. The minimum atomic E-state index is 0.841. The van der Waals surface area contributed by atoms with Crippen LogP contribution in [0.3, 0.4) is 0 Å². The minimum absolute atomic E-state index is 0.841. The number of rotatable bonds is 2. The molecule has 0 bridgehead atoms. The lowest BCUT2D eigenvalue weighted by molar-refractivity contribution is 0.213. The zero-order valence-electron chi connectivity index (χ0n) is 6.66. The Labute approximate surface area is 66.5 Å². The van der Waals surface area contributed by atoms with Crippen LogP contribution in [0.4, 0.5) is 0 Å². The summed E-state index contributed by atoms with van der Waals surface area (Å²) in [6.45, 7) is 1.88. The molecule has 0 aliphatic rings. The fraction of sp³-hybridized carbons (Fsp3) is 0.222. The van der Waals surface area contributed by atoms with Gasteiger partial charge in [-0.25, -0.2) is 0 Å². The van der Waals surface area contributed by atoms with E-state index >= 15 is 0 Å². The van der Waals surface area contributed by atoms with Crippen LogP contribution in [0.15, 0.2) is 29.4 Å². The van der Waals surface area contributed by atoms with Crippen LogP contribution in [0.1, 0.15) is 12.5 Å². The largest absolute Gasteiger partial charge is 0.399 e. The van der Waals surface area contributed by atoms with E-state index in [-0.39, 0.29) is 0 Å². The molecule has 57 valence electrons. The highest BCUT2D eigenvalue weighted by Crippen LogP contribution is 1.99. The Morgan fingerprint density at radius 2 is 2.36 bits per heavy atom. The molecule has 0 spiro atoms. The number of hydrogen-bond donors (Lipinski definition) is 0. The summed E-state index contributed by atoms with van der Waals surface area (Å²) < 4.78 is 0. The first-order valence-corrected chi connectivity index (χ1v) is 3.39. The predicted molar refractivity (Wildman–Crippen MR) is 44.5 cm³/mol. The normalized spacial score (nSPS) is 11.3. The lowest BCUT2D eigenvalue weighted by Crippen LogP contribution is -1.94. The maximum absolute atomic E-state index is 4.63. The maximum Gasteiger partial charge on any atom is 0.106 e. The van der Waals surface area contributed by atoms with Crippen molar-refractivity contribution in [2.45, 2.75) is 6.92 Å².